The van der Waals surface area contributed by atoms with Gasteiger partial charge in [-0.05, 0) is 18.2 Å². The highest BCUT2D eigenvalue weighted by Crippen LogP contribution is 2.20. The minimum Gasteiger partial charge on any atom is -0.497 e. The molecule has 3 heterocycles. The molecule has 0 unspecified atom stereocenters. The van der Waals surface area contributed by atoms with E-state index < -0.39 is 0 Å². The molecule has 0 saturated carbocycles. The van der Waals surface area contributed by atoms with E-state index in [0.717, 1.165) is 64.1 Å². The summed E-state index contributed by atoms with van der Waals surface area (Å²) in [6.45, 7) is 7.48. The van der Waals surface area contributed by atoms with E-state index in [-0.39, 0.29) is 5.91 Å². The number of piperazine rings is 2. The van der Waals surface area contributed by atoms with Gasteiger partial charge in [0.2, 0.25) is 5.95 Å². The summed E-state index contributed by atoms with van der Waals surface area (Å²) < 4.78 is 5.33. The van der Waals surface area contributed by atoms with Gasteiger partial charge in [0.1, 0.15) is 5.75 Å². The minimum atomic E-state index is 0.253. The Morgan fingerprint density at radius 3 is 2.41 bits per heavy atom. The molecule has 1 aromatic carbocycles. The maximum absolute atomic E-state index is 12.8. The smallest absolute Gasteiger partial charge is 0.277 e. The number of benzene rings is 1. The second kappa shape index (κ2) is 9.09. The van der Waals surface area contributed by atoms with Crippen molar-refractivity contribution in [2.45, 2.75) is 0 Å². The Balaban J connectivity index is 1.23. The summed E-state index contributed by atoms with van der Waals surface area (Å²) in [7, 11) is 1.69. The topological polar surface area (TPSA) is 66.2 Å². The molecule has 2 aliphatic heterocycles. The first kappa shape index (κ1) is 19.4. The lowest BCUT2D eigenvalue weighted by atomic mass is 10.2. The molecule has 1 amide bonds. The van der Waals surface area contributed by atoms with E-state index in [2.05, 4.69) is 31.9 Å². The minimum absolute atomic E-state index is 0.253. The van der Waals surface area contributed by atoms with Crippen molar-refractivity contribution in [3.05, 3.63) is 42.7 Å². The van der Waals surface area contributed by atoms with Crippen LogP contribution in [0.2, 0.25) is 0 Å². The molecule has 8 nitrogen and oxygen atoms in total. The third kappa shape index (κ3) is 4.76. The summed E-state index contributed by atoms with van der Waals surface area (Å²) in [5, 5.41) is 0. The predicted octanol–water partition coefficient (Wildman–Crippen LogP) is -0.461. The first-order valence-corrected chi connectivity index (χ1v) is 10.3. The van der Waals surface area contributed by atoms with E-state index in [9.17, 15) is 4.79 Å². The molecule has 2 aliphatic rings. The third-order valence-corrected chi connectivity index (χ3v) is 5.76. The van der Waals surface area contributed by atoms with Crippen LogP contribution in [-0.4, -0.2) is 86.8 Å². The Morgan fingerprint density at radius 2 is 1.72 bits per heavy atom. The summed E-state index contributed by atoms with van der Waals surface area (Å²) in [4.78, 5) is 29.2. The molecule has 4 rings (SSSR count). The first-order chi connectivity index (χ1) is 14.2. The summed E-state index contributed by atoms with van der Waals surface area (Å²) in [5.41, 5.74) is 1.19. The van der Waals surface area contributed by atoms with Crippen LogP contribution < -0.4 is 19.4 Å². The van der Waals surface area contributed by atoms with Crippen molar-refractivity contribution in [3.63, 3.8) is 0 Å². The summed E-state index contributed by atoms with van der Waals surface area (Å²) in [6.07, 6.45) is 3.52. The van der Waals surface area contributed by atoms with E-state index in [1.165, 1.54) is 10.6 Å². The number of carbonyl (C=O) groups is 1. The number of amides is 1. The number of hydrogen-bond acceptors (Lipinski definition) is 6. The Bertz CT molecular complexity index is 802. The maximum atomic E-state index is 12.8. The summed E-state index contributed by atoms with van der Waals surface area (Å²) >= 11 is 0. The van der Waals surface area contributed by atoms with Gasteiger partial charge >= 0.3 is 0 Å². The monoisotopic (exact) mass is 397 g/mol. The molecule has 0 bridgehead atoms. The average molecular weight is 398 g/mol. The van der Waals surface area contributed by atoms with Gasteiger partial charge in [-0.2, -0.15) is 0 Å². The first-order valence-electron chi connectivity index (χ1n) is 10.3. The molecule has 2 fully saturated rings. The van der Waals surface area contributed by atoms with Crippen molar-refractivity contribution in [1.29, 1.82) is 0 Å². The van der Waals surface area contributed by atoms with Gasteiger partial charge in [0.15, 0.2) is 6.54 Å². The Labute approximate surface area is 171 Å². The van der Waals surface area contributed by atoms with Gasteiger partial charge in [-0.15, -0.1) is 0 Å². The fourth-order valence-corrected chi connectivity index (χ4v) is 4.00. The van der Waals surface area contributed by atoms with Crippen LogP contribution in [0.4, 0.5) is 11.6 Å². The van der Waals surface area contributed by atoms with Gasteiger partial charge in [0.05, 0.1) is 33.3 Å². The summed E-state index contributed by atoms with van der Waals surface area (Å²) in [6, 6.07) is 10.0. The van der Waals surface area contributed by atoms with Gasteiger partial charge in [-0.3, -0.25) is 4.79 Å². The number of rotatable bonds is 5. The largest absolute Gasteiger partial charge is 0.497 e. The maximum Gasteiger partial charge on any atom is 0.277 e. The van der Waals surface area contributed by atoms with E-state index in [1.54, 1.807) is 19.5 Å². The quantitative estimate of drug-likeness (QED) is 0.737. The number of methoxy groups -OCH3 is 1. The molecule has 2 saturated heterocycles. The Morgan fingerprint density at radius 1 is 1.00 bits per heavy atom. The highest BCUT2D eigenvalue weighted by molar-refractivity contribution is 5.77. The number of nitrogens with one attached hydrogen (secondary N) is 1. The van der Waals surface area contributed by atoms with Gasteiger partial charge < -0.3 is 24.3 Å². The molecule has 0 aliphatic carbocycles. The fourth-order valence-electron chi connectivity index (χ4n) is 4.00. The van der Waals surface area contributed by atoms with Crippen LogP contribution in [0.3, 0.4) is 0 Å². The number of hydrogen-bond donors (Lipinski definition) is 1. The highest BCUT2D eigenvalue weighted by Gasteiger charge is 2.27. The standard InChI is InChI=1S/C21H28N6O2/c1-29-19-5-2-4-18(16-19)25-10-8-24(9-11-25)17-20(28)26-12-14-27(15-13-26)21-22-6-3-7-23-21/h2-7,16H,8-15,17H2,1H3/p+1. The van der Waals surface area contributed by atoms with Crippen molar-refractivity contribution in [3.8, 4) is 5.75 Å². The molecule has 29 heavy (non-hydrogen) atoms. The zero-order chi connectivity index (χ0) is 20.1. The molecule has 154 valence electrons. The number of nitrogens with zero attached hydrogens (tertiary/aromatic N) is 5. The van der Waals surface area contributed by atoms with E-state index in [0.29, 0.717) is 6.54 Å². The second-order valence-corrected chi connectivity index (χ2v) is 7.53. The van der Waals surface area contributed by atoms with Gasteiger partial charge in [0.25, 0.3) is 5.91 Å². The van der Waals surface area contributed by atoms with Gasteiger partial charge in [-0.25, -0.2) is 9.97 Å². The van der Waals surface area contributed by atoms with Gasteiger partial charge in [-0.1, -0.05) is 6.07 Å². The van der Waals surface area contributed by atoms with Crippen molar-refractivity contribution in [2.75, 3.05) is 75.8 Å². The molecule has 0 atom stereocenters. The number of aromatic nitrogens is 2. The summed E-state index contributed by atoms with van der Waals surface area (Å²) in [5.74, 6) is 1.88. The van der Waals surface area contributed by atoms with Crippen molar-refractivity contribution in [1.82, 2.24) is 14.9 Å². The molecular formula is C21H29N6O2+. The number of anilines is 2. The lowest BCUT2D eigenvalue weighted by Crippen LogP contribution is -3.16. The normalized spacial score (nSPS) is 18.0. The van der Waals surface area contributed by atoms with E-state index >= 15 is 0 Å². The molecule has 8 heteroatoms. The lowest BCUT2D eigenvalue weighted by Gasteiger charge is -2.37. The molecule has 1 N–H and O–H groups in total. The van der Waals surface area contributed by atoms with Crippen molar-refractivity contribution >= 4 is 17.5 Å². The number of ether oxygens (including phenoxy) is 1. The van der Waals surface area contributed by atoms with Crippen LogP contribution in [0, 0.1) is 0 Å². The SMILES string of the molecule is COc1cccc(N2CC[NH+](CC(=O)N3CCN(c4ncccn4)CC3)CC2)c1. The van der Waals surface area contributed by atoms with Crippen molar-refractivity contribution in [2.24, 2.45) is 0 Å². The van der Waals surface area contributed by atoms with Crippen LogP contribution in [0.1, 0.15) is 0 Å². The number of carbonyl (C=O) groups excluding carboxylic acids is 1. The van der Waals surface area contributed by atoms with Crippen molar-refractivity contribution < 1.29 is 14.4 Å². The zero-order valence-corrected chi connectivity index (χ0v) is 17.0. The van der Waals surface area contributed by atoms with E-state index in [1.807, 2.05) is 23.1 Å². The fraction of sp³-hybridized carbons (Fsp3) is 0.476. The lowest BCUT2D eigenvalue weighted by molar-refractivity contribution is -0.892. The van der Waals surface area contributed by atoms with Crippen LogP contribution >= 0.6 is 0 Å². The predicted molar refractivity (Wildman–Crippen MR) is 112 cm³/mol. The Hall–Kier alpha value is -2.87. The Kier molecular flexibility index (Phi) is 6.09. The average Bonchev–Trinajstić information content (AvgIpc) is 2.80. The van der Waals surface area contributed by atoms with Crippen LogP contribution in [0.15, 0.2) is 42.7 Å². The van der Waals surface area contributed by atoms with E-state index in [4.69, 9.17) is 4.74 Å². The molecule has 0 radical (unpaired) electrons. The second-order valence-electron chi connectivity index (χ2n) is 7.53. The molecule has 0 spiro atoms. The number of quaternary nitrogens is 1. The highest BCUT2D eigenvalue weighted by atomic mass is 16.5. The molecule has 2 aromatic rings. The van der Waals surface area contributed by atoms with Crippen LogP contribution in [0.5, 0.6) is 5.75 Å². The van der Waals surface area contributed by atoms with Crippen LogP contribution in [0.25, 0.3) is 0 Å². The third-order valence-electron chi connectivity index (χ3n) is 5.76. The molecule has 1 aromatic heterocycles. The van der Waals surface area contributed by atoms with Gasteiger partial charge in [0, 0.05) is 50.3 Å². The molecular weight excluding hydrogens is 368 g/mol. The van der Waals surface area contributed by atoms with Crippen LogP contribution in [-0.2, 0) is 4.79 Å². The zero-order valence-electron chi connectivity index (χ0n) is 17.0.